The van der Waals surface area contributed by atoms with Crippen LogP contribution in [0, 0.1) is 4.91 Å². The Kier molecular flexibility index (Phi) is 5.27. The van der Waals surface area contributed by atoms with Crippen molar-refractivity contribution in [3.05, 3.63) is 52.7 Å². The number of rotatable bonds is 6. The summed E-state index contributed by atoms with van der Waals surface area (Å²) in [6.07, 6.45) is 5.30. The molecule has 1 unspecified atom stereocenters. The molecule has 1 aromatic carbocycles. The first-order valence-electron chi connectivity index (χ1n) is 6.59. The Balaban J connectivity index is 2.21. The van der Waals surface area contributed by atoms with E-state index in [1.807, 2.05) is 44.4 Å². The number of hydrogen-bond donors (Lipinski definition) is 0. The summed E-state index contributed by atoms with van der Waals surface area (Å²) in [5.74, 6) is 0.771. The zero-order valence-corrected chi connectivity index (χ0v) is 13.0. The Morgan fingerprint density at radius 1 is 1.10 bits per heavy atom. The van der Waals surface area contributed by atoms with Crippen molar-refractivity contribution in [3.63, 3.8) is 0 Å². The van der Waals surface area contributed by atoms with Crippen LogP contribution in [0.4, 0.5) is 0 Å². The molecular formula is C15H17N3O2S. The number of nitrogens with zero attached hydrogens (tertiary/aromatic N) is 3. The highest BCUT2D eigenvalue weighted by atomic mass is 32.2. The Morgan fingerprint density at radius 3 is 2.19 bits per heavy atom. The molecule has 2 aromatic rings. The van der Waals surface area contributed by atoms with E-state index in [9.17, 15) is 4.91 Å². The lowest BCUT2D eigenvalue weighted by Gasteiger charge is -2.12. The lowest BCUT2D eigenvalue weighted by Crippen LogP contribution is -2.05. The maximum atomic E-state index is 11.2. The maximum Gasteiger partial charge on any atom is 0.187 e. The van der Waals surface area contributed by atoms with Crippen molar-refractivity contribution in [1.82, 2.24) is 9.97 Å². The minimum absolute atomic E-state index is 0.114. The van der Waals surface area contributed by atoms with E-state index in [-0.39, 0.29) is 6.10 Å². The smallest absolute Gasteiger partial charge is 0.187 e. The molecule has 0 saturated carbocycles. The fourth-order valence-electron chi connectivity index (χ4n) is 1.89. The summed E-state index contributed by atoms with van der Waals surface area (Å²) in [5, 5.41) is 3.87. The third-order valence-electron chi connectivity index (χ3n) is 2.82. The molecule has 0 aliphatic rings. The molecule has 0 aliphatic heterocycles. The first-order valence-corrected chi connectivity index (χ1v) is 7.81. The van der Waals surface area contributed by atoms with E-state index in [4.69, 9.17) is 4.74 Å². The summed E-state index contributed by atoms with van der Waals surface area (Å²) in [6, 6.07) is 6.75. The van der Waals surface area contributed by atoms with Crippen LogP contribution in [0.2, 0.25) is 0 Å². The first kappa shape index (κ1) is 15.4. The van der Waals surface area contributed by atoms with Gasteiger partial charge in [-0.25, -0.2) is 9.97 Å². The summed E-state index contributed by atoms with van der Waals surface area (Å²) < 4.78 is 5.58. The van der Waals surface area contributed by atoms with Crippen LogP contribution in [0.5, 0.6) is 5.75 Å². The molecule has 0 bridgehead atoms. The fourth-order valence-corrected chi connectivity index (χ4v) is 2.20. The van der Waals surface area contributed by atoms with Gasteiger partial charge in [-0.1, -0.05) is 29.1 Å². The van der Waals surface area contributed by atoms with Crippen molar-refractivity contribution in [1.29, 1.82) is 0 Å². The lowest BCUT2D eigenvalue weighted by molar-refractivity contribution is 0.242. The van der Waals surface area contributed by atoms with Crippen molar-refractivity contribution in [2.75, 3.05) is 6.26 Å². The quantitative estimate of drug-likeness (QED) is 0.461. The summed E-state index contributed by atoms with van der Waals surface area (Å²) in [7, 11) is 0. The van der Waals surface area contributed by atoms with Gasteiger partial charge in [-0.3, -0.25) is 0 Å². The van der Waals surface area contributed by atoms with Crippen LogP contribution in [-0.2, 0) is 0 Å². The highest BCUT2D eigenvalue weighted by molar-refractivity contribution is 7.98. The standard InChI is InChI=1S/C15H17N3O2S/c1-10(2)20-13-6-4-11(5-7-13)14(18-19)12-8-16-15(21-3)17-9-12/h4-10,14H,1-3H3. The molecule has 0 saturated heterocycles. The minimum atomic E-state index is -0.603. The summed E-state index contributed by atoms with van der Waals surface area (Å²) in [4.78, 5) is 19.5. The van der Waals surface area contributed by atoms with Crippen molar-refractivity contribution < 1.29 is 4.74 Å². The molecule has 21 heavy (non-hydrogen) atoms. The highest BCUT2D eigenvalue weighted by Crippen LogP contribution is 2.27. The number of ether oxygens (including phenoxy) is 1. The van der Waals surface area contributed by atoms with E-state index in [0.29, 0.717) is 10.7 Å². The number of benzene rings is 1. The Labute approximate surface area is 128 Å². The first-order chi connectivity index (χ1) is 10.1. The maximum absolute atomic E-state index is 11.2. The molecule has 6 heteroatoms. The van der Waals surface area contributed by atoms with Crippen LogP contribution in [0.1, 0.15) is 31.0 Å². The van der Waals surface area contributed by atoms with Gasteiger partial charge < -0.3 is 4.74 Å². The fraction of sp³-hybridized carbons (Fsp3) is 0.333. The van der Waals surface area contributed by atoms with Crippen LogP contribution in [-0.4, -0.2) is 22.3 Å². The number of thioether (sulfide) groups is 1. The zero-order chi connectivity index (χ0) is 15.2. The third kappa shape index (κ3) is 4.01. The predicted octanol–water partition coefficient (Wildman–Crippen LogP) is 3.84. The second-order valence-electron chi connectivity index (χ2n) is 4.75. The predicted molar refractivity (Wildman–Crippen MR) is 83.7 cm³/mol. The largest absolute Gasteiger partial charge is 0.491 e. The lowest BCUT2D eigenvalue weighted by atomic mass is 10.0. The van der Waals surface area contributed by atoms with Gasteiger partial charge in [0.25, 0.3) is 0 Å². The molecule has 0 fully saturated rings. The van der Waals surface area contributed by atoms with Gasteiger partial charge in [-0.05, 0) is 37.8 Å². The normalized spacial score (nSPS) is 12.2. The molecule has 0 radical (unpaired) electrons. The van der Waals surface area contributed by atoms with Crippen molar-refractivity contribution in [3.8, 4) is 5.75 Å². The zero-order valence-electron chi connectivity index (χ0n) is 12.2. The molecular weight excluding hydrogens is 286 g/mol. The Morgan fingerprint density at radius 2 is 1.71 bits per heavy atom. The Hall–Kier alpha value is -1.95. The van der Waals surface area contributed by atoms with E-state index < -0.39 is 6.04 Å². The molecule has 0 N–H and O–H groups in total. The van der Waals surface area contributed by atoms with Crippen LogP contribution >= 0.6 is 11.8 Å². The van der Waals surface area contributed by atoms with Crippen LogP contribution < -0.4 is 4.74 Å². The molecule has 1 atom stereocenters. The molecule has 0 aliphatic carbocycles. The average Bonchev–Trinajstić information content (AvgIpc) is 2.50. The number of aromatic nitrogens is 2. The van der Waals surface area contributed by atoms with Gasteiger partial charge in [-0.2, -0.15) is 0 Å². The molecule has 5 nitrogen and oxygen atoms in total. The van der Waals surface area contributed by atoms with Gasteiger partial charge in [0, 0.05) is 18.0 Å². The molecule has 0 amide bonds. The summed E-state index contributed by atoms with van der Waals surface area (Å²) in [5.41, 5.74) is 1.47. The van der Waals surface area contributed by atoms with E-state index in [0.717, 1.165) is 11.3 Å². The number of nitroso groups, excluding NO2 is 1. The molecule has 1 aromatic heterocycles. The average molecular weight is 303 g/mol. The topological polar surface area (TPSA) is 64.4 Å². The monoisotopic (exact) mass is 303 g/mol. The van der Waals surface area contributed by atoms with Crippen molar-refractivity contribution >= 4 is 11.8 Å². The van der Waals surface area contributed by atoms with Gasteiger partial charge in [0.1, 0.15) is 11.8 Å². The summed E-state index contributed by atoms with van der Waals surface area (Å²) in [6.45, 7) is 3.93. The van der Waals surface area contributed by atoms with Gasteiger partial charge in [0.05, 0.1) is 6.10 Å². The van der Waals surface area contributed by atoms with Gasteiger partial charge in [0.15, 0.2) is 5.16 Å². The molecule has 0 spiro atoms. The molecule has 1 heterocycles. The van der Waals surface area contributed by atoms with Gasteiger partial charge in [0.2, 0.25) is 0 Å². The van der Waals surface area contributed by atoms with Crippen molar-refractivity contribution in [2.45, 2.75) is 31.1 Å². The SMILES string of the molecule is CSc1ncc(C(N=O)c2ccc(OC(C)C)cc2)cn1. The van der Waals surface area contributed by atoms with Gasteiger partial charge in [-0.15, -0.1) is 4.91 Å². The van der Waals surface area contributed by atoms with Gasteiger partial charge >= 0.3 is 0 Å². The second-order valence-corrected chi connectivity index (χ2v) is 5.52. The minimum Gasteiger partial charge on any atom is -0.491 e. The highest BCUT2D eigenvalue weighted by Gasteiger charge is 2.16. The van der Waals surface area contributed by atoms with Crippen LogP contribution in [0.25, 0.3) is 0 Å². The van der Waals surface area contributed by atoms with E-state index >= 15 is 0 Å². The van der Waals surface area contributed by atoms with Crippen LogP contribution in [0.15, 0.2) is 47.0 Å². The Bertz CT molecular complexity index is 585. The summed E-state index contributed by atoms with van der Waals surface area (Å²) >= 11 is 1.45. The third-order valence-corrected chi connectivity index (χ3v) is 3.40. The molecule has 110 valence electrons. The van der Waals surface area contributed by atoms with E-state index in [1.54, 1.807) is 12.4 Å². The number of hydrogen-bond acceptors (Lipinski definition) is 6. The second kappa shape index (κ2) is 7.17. The van der Waals surface area contributed by atoms with Crippen molar-refractivity contribution in [2.24, 2.45) is 5.18 Å². The van der Waals surface area contributed by atoms with Crippen LogP contribution in [0.3, 0.4) is 0 Å². The molecule has 2 rings (SSSR count). The van der Waals surface area contributed by atoms with E-state index in [2.05, 4.69) is 15.1 Å². The van der Waals surface area contributed by atoms with E-state index in [1.165, 1.54) is 11.8 Å².